The first kappa shape index (κ1) is 25.7. The van der Waals surface area contributed by atoms with E-state index in [0.717, 1.165) is 31.2 Å². The summed E-state index contributed by atoms with van der Waals surface area (Å²) in [7, 11) is 1.56. The fraction of sp³-hybridized carbons (Fsp3) is 0.720. The van der Waals surface area contributed by atoms with Gasteiger partial charge < -0.3 is 19.1 Å². The molecule has 0 radical (unpaired) electrons. The molecule has 2 aliphatic rings. The van der Waals surface area contributed by atoms with Gasteiger partial charge in [-0.05, 0) is 55.7 Å². The Morgan fingerprint density at radius 1 is 1.00 bits per heavy atom. The van der Waals surface area contributed by atoms with Crippen LogP contribution in [0, 0.1) is 11.8 Å². The average molecular weight is 482 g/mol. The molecule has 0 bridgehead atoms. The minimum Gasteiger partial charge on any atom is -0.493 e. The third-order valence-electron chi connectivity index (χ3n) is 7.17. The molecule has 8 heteroatoms. The predicted molar refractivity (Wildman–Crippen MR) is 129 cm³/mol. The topological polar surface area (TPSA) is 82.1 Å². The lowest BCUT2D eigenvalue weighted by molar-refractivity contribution is -0.139. The van der Waals surface area contributed by atoms with E-state index in [4.69, 9.17) is 14.2 Å². The zero-order valence-electron chi connectivity index (χ0n) is 20.5. The van der Waals surface area contributed by atoms with Crippen LogP contribution in [0.4, 0.5) is 0 Å². The van der Waals surface area contributed by atoms with Crippen LogP contribution in [0.25, 0.3) is 0 Å². The number of nitrogens with zero attached hydrogens (tertiary/aromatic N) is 1. The highest BCUT2D eigenvalue weighted by Gasteiger charge is 2.38. The van der Waals surface area contributed by atoms with Gasteiger partial charge in [-0.15, -0.1) is 0 Å². The van der Waals surface area contributed by atoms with Gasteiger partial charge in [0.25, 0.3) is 0 Å². The minimum atomic E-state index is -3.12. The summed E-state index contributed by atoms with van der Waals surface area (Å²) in [5, 5.41) is 0. The molecule has 0 unspecified atom stereocenters. The van der Waals surface area contributed by atoms with Gasteiger partial charge in [0, 0.05) is 18.5 Å². The number of sulfone groups is 1. The molecular formula is C25H39NO6S. The molecule has 1 saturated carbocycles. The molecule has 1 aliphatic heterocycles. The Hall–Kier alpha value is -1.96. The van der Waals surface area contributed by atoms with Crippen LogP contribution in [-0.2, 0) is 21.2 Å². The fourth-order valence-corrected chi connectivity index (χ4v) is 6.99. The molecule has 1 aromatic carbocycles. The summed E-state index contributed by atoms with van der Waals surface area (Å²) >= 11 is 0. The second-order valence-corrected chi connectivity index (χ2v) is 11.6. The Balaban J connectivity index is 1.82. The van der Waals surface area contributed by atoms with Crippen LogP contribution in [0.2, 0.25) is 0 Å². The molecule has 1 aliphatic carbocycles. The van der Waals surface area contributed by atoms with E-state index in [1.807, 2.05) is 17.0 Å². The summed E-state index contributed by atoms with van der Waals surface area (Å²) in [6.45, 7) is 2.54. The number of amides is 1. The lowest BCUT2D eigenvalue weighted by Gasteiger charge is -2.35. The first-order valence-electron chi connectivity index (χ1n) is 12.1. The molecule has 1 aromatic rings. The summed E-state index contributed by atoms with van der Waals surface area (Å²) in [5.41, 5.74) is 0.832. The van der Waals surface area contributed by atoms with Gasteiger partial charge in [-0.3, -0.25) is 4.79 Å². The lowest BCUT2D eigenvalue weighted by atomic mass is 9.79. The monoisotopic (exact) mass is 481 g/mol. The Kier molecular flexibility index (Phi) is 8.90. The van der Waals surface area contributed by atoms with E-state index in [9.17, 15) is 13.2 Å². The highest BCUT2D eigenvalue weighted by molar-refractivity contribution is 7.91. The van der Waals surface area contributed by atoms with Crippen LogP contribution in [0.5, 0.6) is 17.2 Å². The summed E-state index contributed by atoms with van der Waals surface area (Å²) in [5.74, 6) is 2.48. The smallest absolute Gasteiger partial charge is 0.226 e. The molecule has 1 saturated heterocycles. The molecule has 3 rings (SSSR count). The van der Waals surface area contributed by atoms with Crippen LogP contribution in [0.3, 0.4) is 0 Å². The largest absolute Gasteiger partial charge is 0.493 e. The van der Waals surface area contributed by atoms with Crippen LogP contribution in [0.1, 0.15) is 63.9 Å². The van der Waals surface area contributed by atoms with Crippen LogP contribution < -0.4 is 14.2 Å². The number of unbranched alkanes of at least 4 members (excludes halogenated alkanes) is 1. The van der Waals surface area contributed by atoms with Crippen LogP contribution >= 0.6 is 0 Å². The Bertz CT molecular complexity index is 882. The third-order valence-corrected chi connectivity index (χ3v) is 8.92. The minimum absolute atomic E-state index is 0.0341. The number of carbonyl (C=O) groups excluding carboxylic acids is 1. The molecule has 33 heavy (non-hydrogen) atoms. The zero-order valence-corrected chi connectivity index (χ0v) is 21.3. The van der Waals surface area contributed by atoms with Gasteiger partial charge in [-0.25, -0.2) is 8.42 Å². The molecule has 0 N–H and O–H groups in total. The Morgan fingerprint density at radius 2 is 1.64 bits per heavy atom. The van der Waals surface area contributed by atoms with E-state index < -0.39 is 9.84 Å². The number of hydrogen-bond donors (Lipinski definition) is 0. The molecule has 1 heterocycles. The normalized spacial score (nSPS) is 24.3. The van der Waals surface area contributed by atoms with Crippen molar-refractivity contribution in [2.75, 3.05) is 32.8 Å². The van der Waals surface area contributed by atoms with E-state index in [1.165, 1.54) is 19.3 Å². The summed E-state index contributed by atoms with van der Waals surface area (Å²) < 4.78 is 40.8. The quantitative estimate of drug-likeness (QED) is 0.498. The summed E-state index contributed by atoms with van der Waals surface area (Å²) in [4.78, 5) is 15.5. The predicted octanol–water partition coefficient (Wildman–Crippen LogP) is 4.22. The molecule has 0 aromatic heterocycles. The number of ether oxygens (including phenoxy) is 3. The zero-order chi connectivity index (χ0) is 24.0. The van der Waals surface area contributed by atoms with Gasteiger partial charge in [-0.1, -0.05) is 26.2 Å². The number of hydrogen-bond acceptors (Lipinski definition) is 6. The van der Waals surface area contributed by atoms with Crippen molar-refractivity contribution in [3.8, 4) is 17.2 Å². The van der Waals surface area contributed by atoms with Gasteiger partial charge >= 0.3 is 0 Å². The number of methoxy groups -OCH3 is 3. The van der Waals surface area contributed by atoms with E-state index in [-0.39, 0.29) is 29.4 Å². The Morgan fingerprint density at radius 3 is 2.12 bits per heavy atom. The SMILES string of the molecule is CCCCC1CCC(C(=O)N(Cc2cc(OC)c(OC)c(OC)c2)[C@H]2CCS(=O)(=O)C2)CC1. The van der Waals surface area contributed by atoms with Crippen molar-refractivity contribution in [2.45, 2.75) is 70.9 Å². The highest BCUT2D eigenvalue weighted by Crippen LogP contribution is 2.39. The first-order chi connectivity index (χ1) is 15.8. The second kappa shape index (κ2) is 11.4. The first-order valence-corrected chi connectivity index (χ1v) is 13.9. The standard InChI is InChI=1S/C25H39NO6S/c1-5-6-7-18-8-10-20(11-9-18)25(27)26(21-12-13-33(28,29)17-21)16-19-14-22(30-2)24(32-4)23(15-19)31-3/h14-15,18,20-21H,5-13,16-17H2,1-4H3/t18?,20?,21-/m0/s1. The van der Waals surface area contributed by atoms with Gasteiger partial charge in [0.15, 0.2) is 21.3 Å². The number of benzene rings is 1. The van der Waals surface area contributed by atoms with Gasteiger partial charge in [0.2, 0.25) is 11.7 Å². The fourth-order valence-electron chi connectivity index (χ4n) is 5.26. The van der Waals surface area contributed by atoms with Crippen LogP contribution in [0.15, 0.2) is 12.1 Å². The highest BCUT2D eigenvalue weighted by atomic mass is 32.2. The second-order valence-electron chi connectivity index (χ2n) is 9.42. The molecular weight excluding hydrogens is 442 g/mol. The molecule has 0 spiro atoms. The van der Waals surface area contributed by atoms with Crippen molar-refractivity contribution in [3.05, 3.63) is 17.7 Å². The molecule has 1 atom stereocenters. The maximum absolute atomic E-state index is 13.7. The van der Waals surface area contributed by atoms with Gasteiger partial charge in [0.1, 0.15) is 0 Å². The molecule has 7 nitrogen and oxygen atoms in total. The third kappa shape index (κ3) is 6.34. The van der Waals surface area contributed by atoms with E-state index in [2.05, 4.69) is 6.92 Å². The van der Waals surface area contributed by atoms with E-state index in [1.54, 1.807) is 21.3 Å². The molecule has 1 amide bonds. The van der Waals surface area contributed by atoms with Crippen molar-refractivity contribution < 1.29 is 27.4 Å². The van der Waals surface area contributed by atoms with Crippen molar-refractivity contribution in [2.24, 2.45) is 11.8 Å². The maximum Gasteiger partial charge on any atom is 0.226 e. The molecule has 186 valence electrons. The van der Waals surface area contributed by atoms with Gasteiger partial charge in [0.05, 0.1) is 32.8 Å². The summed E-state index contributed by atoms with van der Waals surface area (Å²) in [6, 6.07) is 3.39. The lowest BCUT2D eigenvalue weighted by Crippen LogP contribution is -2.44. The van der Waals surface area contributed by atoms with Crippen LogP contribution in [-0.4, -0.2) is 58.1 Å². The number of rotatable bonds is 10. The maximum atomic E-state index is 13.7. The van der Waals surface area contributed by atoms with E-state index >= 15 is 0 Å². The van der Waals surface area contributed by atoms with Crippen molar-refractivity contribution in [3.63, 3.8) is 0 Å². The Labute approximate surface area is 198 Å². The van der Waals surface area contributed by atoms with E-state index in [0.29, 0.717) is 36.1 Å². The molecule has 2 fully saturated rings. The van der Waals surface area contributed by atoms with Crippen molar-refractivity contribution >= 4 is 15.7 Å². The van der Waals surface area contributed by atoms with Crippen molar-refractivity contribution in [1.82, 2.24) is 4.90 Å². The van der Waals surface area contributed by atoms with Crippen molar-refractivity contribution in [1.29, 1.82) is 0 Å². The summed E-state index contributed by atoms with van der Waals surface area (Å²) in [6.07, 6.45) is 8.12. The number of carbonyl (C=O) groups is 1. The van der Waals surface area contributed by atoms with Gasteiger partial charge in [-0.2, -0.15) is 0 Å². The average Bonchev–Trinajstić information content (AvgIpc) is 3.19.